The summed E-state index contributed by atoms with van der Waals surface area (Å²) in [5, 5.41) is 2.80. The standard InChI is InChI=1S/C15H22ClNO3S/c1-10-8-12(9-13(11(10)2)21(16,19)20)14(18)17-7-6-15(3,4)5/h8-9H,6-7H2,1-5H3,(H,17,18). The normalized spacial score (nSPS) is 12.3. The van der Waals surface area contributed by atoms with E-state index in [0.29, 0.717) is 17.7 Å². The average Bonchev–Trinajstić information content (AvgIpc) is 2.29. The Hall–Kier alpha value is -1.07. The summed E-state index contributed by atoms with van der Waals surface area (Å²) < 4.78 is 23.1. The molecular weight excluding hydrogens is 310 g/mol. The fraction of sp³-hybridized carbons (Fsp3) is 0.533. The van der Waals surface area contributed by atoms with Crippen LogP contribution in [-0.4, -0.2) is 20.9 Å². The van der Waals surface area contributed by atoms with Gasteiger partial charge in [-0.15, -0.1) is 0 Å². The van der Waals surface area contributed by atoms with Crippen molar-refractivity contribution in [2.75, 3.05) is 6.54 Å². The molecular formula is C15H22ClNO3S. The van der Waals surface area contributed by atoms with Gasteiger partial charge in [0.05, 0.1) is 4.90 Å². The topological polar surface area (TPSA) is 63.2 Å². The van der Waals surface area contributed by atoms with Crippen molar-refractivity contribution >= 4 is 25.6 Å². The number of hydrogen-bond acceptors (Lipinski definition) is 3. The number of amides is 1. The molecule has 0 aliphatic rings. The summed E-state index contributed by atoms with van der Waals surface area (Å²) in [5.74, 6) is -0.288. The molecule has 0 bridgehead atoms. The Morgan fingerprint density at radius 1 is 1.24 bits per heavy atom. The maximum absolute atomic E-state index is 12.1. The van der Waals surface area contributed by atoms with Gasteiger partial charge in [-0.05, 0) is 48.9 Å². The molecule has 0 unspecified atom stereocenters. The van der Waals surface area contributed by atoms with E-state index in [4.69, 9.17) is 10.7 Å². The van der Waals surface area contributed by atoms with Crippen molar-refractivity contribution in [3.63, 3.8) is 0 Å². The SMILES string of the molecule is Cc1cc(C(=O)NCCC(C)(C)C)cc(S(=O)(=O)Cl)c1C. The predicted octanol–water partition coefficient (Wildman–Crippen LogP) is 3.40. The maximum atomic E-state index is 12.1. The van der Waals surface area contributed by atoms with Crippen LogP contribution in [0.15, 0.2) is 17.0 Å². The number of rotatable bonds is 4. The van der Waals surface area contributed by atoms with Crippen molar-refractivity contribution in [2.24, 2.45) is 5.41 Å². The van der Waals surface area contributed by atoms with Gasteiger partial charge < -0.3 is 5.32 Å². The van der Waals surface area contributed by atoms with Crippen molar-refractivity contribution < 1.29 is 13.2 Å². The van der Waals surface area contributed by atoms with Crippen LogP contribution in [0.25, 0.3) is 0 Å². The van der Waals surface area contributed by atoms with Crippen LogP contribution in [-0.2, 0) is 9.05 Å². The average molecular weight is 332 g/mol. The summed E-state index contributed by atoms with van der Waals surface area (Å²) in [6.45, 7) is 10.2. The first-order chi connectivity index (χ1) is 9.42. The van der Waals surface area contributed by atoms with Crippen LogP contribution in [0.3, 0.4) is 0 Å². The van der Waals surface area contributed by atoms with Gasteiger partial charge in [0.2, 0.25) is 0 Å². The second-order valence-electron chi connectivity index (χ2n) is 6.42. The Morgan fingerprint density at radius 3 is 2.29 bits per heavy atom. The fourth-order valence-electron chi connectivity index (χ4n) is 1.86. The van der Waals surface area contributed by atoms with E-state index < -0.39 is 9.05 Å². The molecule has 1 aromatic carbocycles. The fourth-order valence-corrected chi connectivity index (χ4v) is 3.14. The lowest BCUT2D eigenvalue weighted by atomic mass is 9.92. The molecule has 118 valence electrons. The summed E-state index contributed by atoms with van der Waals surface area (Å²) in [7, 11) is 1.55. The first-order valence-electron chi connectivity index (χ1n) is 6.76. The third-order valence-corrected chi connectivity index (χ3v) is 4.75. The summed E-state index contributed by atoms with van der Waals surface area (Å²) in [6.07, 6.45) is 0.838. The molecule has 0 saturated carbocycles. The van der Waals surface area contributed by atoms with E-state index in [2.05, 4.69) is 26.1 Å². The molecule has 0 atom stereocenters. The largest absolute Gasteiger partial charge is 0.352 e. The minimum Gasteiger partial charge on any atom is -0.352 e. The van der Waals surface area contributed by atoms with E-state index in [1.165, 1.54) is 6.07 Å². The molecule has 6 heteroatoms. The monoisotopic (exact) mass is 331 g/mol. The van der Waals surface area contributed by atoms with E-state index in [1.54, 1.807) is 19.9 Å². The third kappa shape index (κ3) is 5.32. The molecule has 0 aliphatic carbocycles. The Balaban J connectivity index is 2.99. The van der Waals surface area contributed by atoms with Crippen LogP contribution < -0.4 is 5.32 Å². The van der Waals surface area contributed by atoms with Crippen LogP contribution in [0.5, 0.6) is 0 Å². The Labute approximate surface area is 131 Å². The lowest BCUT2D eigenvalue weighted by Gasteiger charge is -2.18. The summed E-state index contributed by atoms with van der Waals surface area (Å²) in [4.78, 5) is 12.1. The predicted molar refractivity (Wildman–Crippen MR) is 85.4 cm³/mol. The summed E-state index contributed by atoms with van der Waals surface area (Å²) >= 11 is 0. The molecule has 0 spiro atoms. The molecule has 0 aliphatic heterocycles. The highest BCUT2D eigenvalue weighted by atomic mass is 35.7. The van der Waals surface area contributed by atoms with Crippen molar-refractivity contribution in [1.29, 1.82) is 0 Å². The summed E-state index contributed by atoms with van der Waals surface area (Å²) in [5.41, 5.74) is 1.72. The van der Waals surface area contributed by atoms with Crippen molar-refractivity contribution in [2.45, 2.75) is 45.9 Å². The Bertz CT molecular complexity index is 646. The first-order valence-corrected chi connectivity index (χ1v) is 9.07. The first kappa shape index (κ1) is 18.0. The lowest BCUT2D eigenvalue weighted by Crippen LogP contribution is -2.27. The number of carbonyl (C=O) groups excluding carboxylic acids is 1. The van der Waals surface area contributed by atoms with E-state index in [0.717, 1.165) is 12.0 Å². The number of hydrogen-bond donors (Lipinski definition) is 1. The van der Waals surface area contributed by atoms with E-state index in [1.807, 2.05) is 0 Å². The Morgan fingerprint density at radius 2 is 1.81 bits per heavy atom. The summed E-state index contributed by atoms with van der Waals surface area (Å²) in [6, 6.07) is 3.00. The van der Waals surface area contributed by atoms with Crippen molar-refractivity contribution in [1.82, 2.24) is 5.32 Å². The maximum Gasteiger partial charge on any atom is 0.261 e. The van der Waals surface area contributed by atoms with E-state index in [9.17, 15) is 13.2 Å². The van der Waals surface area contributed by atoms with E-state index in [-0.39, 0.29) is 16.2 Å². The van der Waals surface area contributed by atoms with Crippen molar-refractivity contribution in [3.8, 4) is 0 Å². The second-order valence-corrected chi connectivity index (χ2v) is 8.96. The molecule has 0 saturated heterocycles. The van der Waals surface area contributed by atoms with Gasteiger partial charge in [-0.25, -0.2) is 8.42 Å². The molecule has 0 aromatic heterocycles. The smallest absolute Gasteiger partial charge is 0.261 e. The molecule has 0 fully saturated rings. The number of halogens is 1. The van der Waals surface area contributed by atoms with Gasteiger partial charge in [0.15, 0.2) is 0 Å². The molecule has 1 rings (SSSR count). The highest BCUT2D eigenvalue weighted by Crippen LogP contribution is 2.24. The highest BCUT2D eigenvalue weighted by Gasteiger charge is 2.19. The van der Waals surface area contributed by atoms with E-state index >= 15 is 0 Å². The molecule has 1 N–H and O–H groups in total. The van der Waals surface area contributed by atoms with Gasteiger partial charge >= 0.3 is 0 Å². The number of aryl methyl sites for hydroxylation is 1. The minimum absolute atomic E-state index is 0.00913. The van der Waals surface area contributed by atoms with Gasteiger partial charge in [0.1, 0.15) is 0 Å². The Kier molecular flexibility index (Phi) is 5.45. The van der Waals surface area contributed by atoms with Crippen LogP contribution in [0.2, 0.25) is 0 Å². The number of benzene rings is 1. The van der Waals surface area contributed by atoms with Gasteiger partial charge in [0.25, 0.3) is 15.0 Å². The molecule has 4 nitrogen and oxygen atoms in total. The van der Waals surface area contributed by atoms with Crippen molar-refractivity contribution in [3.05, 3.63) is 28.8 Å². The van der Waals surface area contributed by atoms with Crippen LogP contribution >= 0.6 is 10.7 Å². The van der Waals surface area contributed by atoms with Gasteiger partial charge in [-0.1, -0.05) is 20.8 Å². The second kappa shape index (κ2) is 6.36. The van der Waals surface area contributed by atoms with Crippen LogP contribution in [0.1, 0.15) is 48.7 Å². The lowest BCUT2D eigenvalue weighted by molar-refractivity contribution is 0.0949. The molecule has 21 heavy (non-hydrogen) atoms. The van der Waals surface area contributed by atoms with Crippen LogP contribution in [0.4, 0.5) is 0 Å². The van der Waals surface area contributed by atoms with Gasteiger partial charge in [-0.2, -0.15) is 0 Å². The molecule has 1 aromatic rings. The molecule has 0 radical (unpaired) electrons. The molecule has 1 amide bonds. The minimum atomic E-state index is -3.86. The zero-order chi connectivity index (χ0) is 16.4. The van der Waals surface area contributed by atoms with Gasteiger partial charge in [-0.3, -0.25) is 4.79 Å². The zero-order valence-corrected chi connectivity index (χ0v) is 14.7. The number of carbonyl (C=O) groups is 1. The zero-order valence-electron chi connectivity index (χ0n) is 13.1. The van der Waals surface area contributed by atoms with Crippen LogP contribution in [0, 0.1) is 19.3 Å². The highest BCUT2D eigenvalue weighted by molar-refractivity contribution is 8.13. The quantitative estimate of drug-likeness (QED) is 0.860. The van der Waals surface area contributed by atoms with Gasteiger partial charge in [0, 0.05) is 22.8 Å². The number of nitrogens with one attached hydrogen (secondary N) is 1. The third-order valence-electron chi connectivity index (χ3n) is 3.31. The molecule has 0 heterocycles.